The molecule has 1 aliphatic heterocycles. The summed E-state index contributed by atoms with van der Waals surface area (Å²) >= 11 is 6.18. The highest BCUT2D eigenvalue weighted by atomic mass is 32.2. The molecule has 1 aliphatic rings. The molecule has 0 aliphatic carbocycles. The molecule has 3 rings (SSSR count). The fraction of sp³-hybridized carbons (Fsp3) is 0.0556. The molecule has 26 heavy (non-hydrogen) atoms. The molecule has 3 N–H and O–H groups in total. The van der Waals surface area contributed by atoms with Crippen molar-refractivity contribution in [2.45, 2.75) is 0 Å². The number of carbonyl (C=O) groups is 2. The molecule has 2 aromatic rings. The van der Waals surface area contributed by atoms with Gasteiger partial charge in [-0.05, 0) is 35.9 Å². The predicted molar refractivity (Wildman–Crippen MR) is 107 cm³/mol. The van der Waals surface area contributed by atoms with Crippen LogP contribution in [0.1, 0.15) is 5.56 Å². The van der Waals surface area contributed by atoms with E-state index in [1.54, 1.807) is 11.1 Å². The van der Waals surface area contributed by atoms with Crippen LogP contribution in [0, 0.1) is 0 Å². The molecule has 8 heteroatoms. The third-order valence-electron chi connectivity index (χ3n) is 3.67. The first-order valence-electron chi connectivity index (χ1n) is 7.63. The number of hydrogen-bond acceptors (Lipinski definition) is 6. The van der Waals surface area contributed by atoms with Crippen LogP contribution in [0.25, 0.3) is 6.08 Å². The van der Waals surface area contributed by atoms with Crippen LogP contribution in [0.15, 0.2) is 59.5 Å². The van der Waals surface area contributed by atoms with Gasteiger partial charge in [-0.1, -0.05) is 54.3 Å². The van der Waals surface area contributed by atoms with Crippen molar-refractivity contribution in [1.29, 1.82) is 0 Å². The van der Waals surface area contributed by atoms with E-state index in [0.29, 0.717) is 4.91 Å². The summed E-state index contributed by atoms with van der Waals surface area (Å²) in [6.07, 6.45) is 1.69. The molecule has 0 aromatic heterocycles. The molecule has 1 fully saturated rings. The van der Waals surface area contributed by atoms with Gasteiger partial charge in [-0.15, -0.1) is 0 Å². The first-order chi connectivity index (χ1) is 12.5. The summed E-state index contributed by atoms with van der Waals surface area (Å²) in [4.78, 5) is 24.6. The topological polar surface area (TPSA) is 86.9 Å². The maximum Gasteiger partial charge on any atom is 0.323 e. The minimum Gasteiger partial charge on any atom is -0.480 e. The van der Waals surface area contributed by atoms with Crippen molar-refractivity contribution in [2.75, 3.05) is 11.6 Å². The normalized spacial score (nSPS) is 15.6. The number of carboxylic acids is 1. The minimum atomic E-state index is -1.10. The number of thioether (sulfide) groups is 1. The Hall–Kier alpha value is -2.68. The quantitative estimate of drug-likeness (QED) is 0.354. The highest BCUT2D eigenvalue weighted by molar-refractivity contribution is 8.26. The average Bonchev–Trinajstić information content (AvgIpc) is 2.89. The van der Waals surface area contributed by atoms with Gasteiger partial charge in [0.2, 0.25) is 0 Å². The summed E-state index contributed by atoms with van der Waals surface area (Å²) in [7, 11) is 0. The van der Waals surface area contributed by atoms with Crippen LogP contribution < -0.4 is 10.9 Å². The lowest BCUT2D eigenvalue weighted by molar-refractivity contribution is -0.140. The Kier molecular flexibility index (Phi) is 5.36. The zero-order valence-corrected chi connectivity index (χ0v) is 15.2. The first-order valence-corrected chi connectivity index (χ1v) is 8.85. The van der Waals surface area contributed by atoms with Crippen LogP contribution in [0.4, 0.5) is 11.4 Å². The second kappa shape index (κ2) is 7.69. The Balaban J connectivity index is 1.77. The number of benzene rings is 2. The maximum atomic E-state index is 12.3. The fourth-order valence-electron chi connectivity index (χ4n) is 2.39. The lowest BCUT2D eigenvalue weighted by Crippen LogP contribution is -2.33. The van der Waals surface area contributed by atoms with Crippen molar-refractivity contribution in [2.24, 2.45) is 5.84 Å². The number of aliphatic carboxylic acids is 1. The molecule has 1 amide bonds. The largest absolute Gasteiger partial charge is 0.480 e. The van der Waals surface area contributed by atoms with Gasteiger partial charge in [0, 0.05) is 0 Å². The number of anilines is 2. The van der Waals surface area contributed by atoms with E-state index in [0.717, 1.165) is 33.6 Å². The van der Waals surface area contributed by atoms with Gasteiger partial charge < -0.3 is 5.11 Å². The molecule has 0 bridgehead atoms. The summed E-state index contributed by atoms with van der Waals surface area (Å²) in [5.41, 5.74) is 2.45. The van der Waals surface area contributed by atoms with Crippen molar-refractivity contribution in [3.05, 3.63) is 65.1 Å². The number of amides is 1. The summed E-state index contributed by atoms with van der Waals surface area (Å²) in [5.74, 6) is 4.62. The smallest absolute Gasteiger partial charge is 0.323 e. The number of hydrogen-bond donors (Lipinski definition) is 2. The summed E-state index contributed by atoms with van der Waals surface area (Å²) in [5, 5.41) is 10.4. The standard InChI is InChI=1S/C18H15N3O3S2/c19-21(13-4-2-1-3-5-13)14-8-6-12(7-9-14)10-15-17(24)20(11-16(22)23)18(25)26-15/h1-10H,11,19H2,(H,22,23). The Morgan fingerprint density at radius 1 is 1.15 bits per heavy atom. The Morgan fingerprint density at radius 3 is 2.38 bits per heavy atom. The fourth-order valence-corrected chi connectivity index (χ4v) is 3.65. The van der Waals surface area contributed by atoms with Crippen LogP contribution in [0.3, 0.4) is 0 Å². The molecule has 0 saturated carbocycles. The molecule has 0 spiro atoms. The van der Waals surface area contributed by atoms with E-state index in [1.807, 2.05) is 54.6 Å². The van der Waals surface area contributed by atoms with Gasteiger partial charge in [0.05, 0.1) is 16.3 Å². The number of carbonyl (C=O) groups excluding carboxylic acids is 1. The Morgan fingerprint density at radius 2 is 1.77 bits per heavy atom. The van der Waals surface area contributed by atoms with Gasteiger partial charge in [-0.3, -0.25) is 19.5 Å². The Labute approximate surface area is 159 Å². The highest BCUT2D eigenvalue weighted by Gasteiger charge is 2.33. The Bertz CT molecular complexity index is 882. The third-order valence-corrected chi connectivity index (χ3v) is 5.05. The molecule has 0 unspecified atom stereocenters. The van der Waals surface area contributed by atoms with E-state index in [4.69, 9.17) is 23.2 Å². The summed E-state index contributed by atoms with van der Waals surface area (Å²) in [6, 6.07) is 16.9. The van der Waals surface area contributed by atoms with Crippen molar-refractivity contribution < 1.29 is 14.7 Å². The SMILES string of the molecule is NN(c1ccccc1)c1ccc(C=C2SC(=S)N(CC(=O)O)C2=O)cc1. The van der Waals surface area contributed by atoms with E-state index in [2.05, 4.69) is 0 Å². The second-order valence-corrected chi connectivity index (χ2v) is 7.13. The van der Waals surface area contributed by atoms with E-state index in [-0.39, 0.29) is 4.32 Å². The molecule has 1 saturated heterocycles. The van der Waals surface area contributed by atoms with Gasteiger partial charge >= 0.3 is 5.97 Å². The molecule has 1 heterocycles. The number of thiocarbonyl (C=S) groups is 1. The van der Waals surface area contributed by atoms with Crippen molar-refractivity contribution in [3.8, 4) is 0 Å². The minimum absolute atomic E-state index is 0.248. The number of nitrogens with zero attached hydrogens (tertiary/aromatic N) is 2. The molecule has 6 nitrogen and oxygen atoms in total. The first kappa shape index (κ1) is 18.1. The van der Waals surface area contributed by atoms with E-state index >= 15 is 0 Å². The lowest BCUT2D eigenvalue weighted by atomic mass is 10.1. The van der Waals surface area contributed by atoms with E-state index < -0.39 is 18.4 Å². The van der Waals surface area contributed by atoms with Gasteiger partial charge in [-0.2, -0.15) is 0 Å². The molecule has 132 valence electrons. The highest BCUT2D eigenvalue weighted by Crippen LogP contribution is 2.32. The summed E-state index contributed by atoms with van der Waals surface area (Å²) in [6.45, 7) is -0.430. The lowest BCUT2D eigenvalue weighted by Gasteiger charge is -2.18. The van der Waals surface area contributed by atoms with Gasteiger partial charge in [0.15, 0.2) is 0 Å². The van der Waals surface area contributed by atoms with Gasteiger partial charge in [0.1, 0.15) is 10.9 Å². The molecule has 2 aromatic carbocycles. The van der Waals surface area contributed by atoms with Crippen LogP contribution in [0.5, 0.6) is 0 Å². The number of hydrazine groups is 1. The van der Waals surface area contributed by atoms with Crippen molar-refractivity contribution in [3.63, 3.8) is 0 Å². The van der Waals surface area contributed by atoms with Crippen LogP contribution in [-0.2, 0) is 9.59 Å². The maximum absolute atomic E-state index is 12.3. The number of para-hydroxylation sites is 1. The third kappa shape index (κ3) is 3.93. The number of rotatable bonds is 5. The molecule has 0 atom stereocenters. The van der Waals surface area contributed by atoms with E-state index in [1.165, 1.54) is 0 Å². The predicted octanol–water partition coefficient (Wildman–Crippen LogP) is 2.98. The van der Waals surface area contributed by atoms with E-state index in [9.17, 15) is 9.59 Å². The molecular weight excluding hydrogens is 370 g/mol. The van der Waals surface area contributed by atoms with Crippen LogP contribution in [-0.4, -0.2) is 32.7 Å². The van der Waals surface area contributed by atoms with Gasteiger partial charge in [0.25, 0.3) is 5.91 Å². The number of nitrogens with two attached hydrogens (primary N) is 1. The van der Waals surface area contributed by atoms with Crippen molar-refractivity contribution in [1.82, 2.24) is 4.90 Å². The number of carboxylic acid groups (broad SMARTS) is 1. The summed E-state index contributed by atoms with van der Waals surface area (Å²) < 4.78 is 0.248. The monoisotopic (exact) mass is 385 g/mol. The average molecular weight is 385 g/mol. The molecule has 0 radical (unpaired) electrons. The zero-order valence-electron chi connectivity index (χ0n) is 13.5. The van der Waals surface area contributed by atoms with Gasteiger partial charge in [-0.25, -0.2) is 5.84 Å². The van der Waals surface area contributed by atoms with Crippen LogP contribution >= 0.6 is 24.0 Å². The zero-order chi connectivity index (χ0) is 18.7. The van der Waals surface area contributed by atoms with Crippen molar-refractivity contribution >= 4 is 57.6 Å². The second-order valence-electron chi connectivity index (χ2n) is 5.46. The van der Waals surface area contributed by atoms with Crippen LogP contribution in [0.2, 0.25) is 0 Å². The molecular formula is C18H15N3O3S2.